The lowest BCUT2D eigenvalue weighted by Crippen LogP contribution is -2.36. The number of hydrogen-bond acceptors (Lipinski definition) is 2. The number of carbonyl (C=O) groups excluding carboxylic acids is 1. The summed E-state index contributed by atoms with van der Waals surface area (Å²) < 4.78 is 6.28. The molecule has 1 amide bonds. The lowest BCUT2D eigenvalue weighted by atomic mass is 10.1. The van der Waals surface area contributed by atoms with Crippen LogP contribution in [0.15, 0.2) is 34.8 Å². The average molecular weight is 340 g/mol. The van der Waals surface area contributed by atoms with Crippen LogP contribution in [0.1, 0.15) is 40.2 Å². The summed E-state index contributed by atoms with van der Waals surface area (Å²) in [4.78, 5) is 11.7. The molecule has 1 aromatic carbocycles. The van der Waals surface area contributed by atoms with Crippen LogP contribution in [0.25, 0.3) is 5.57 Å². The SMILES string of the molecule is C/C(=C\[C@H](C)NC(=O)OC(C)(C)C)c1ccc(Br)cc1. The predicted octanol–water partition coefficient (Wildman–Crippen LogP) is 4.77. The molecular weight excluding hydrogens is 318 g/mol. The fourth-order valence-electron chi connectivity index (χ4n) is 1.72. The molecule has 1 N–H and O–H groups in total. The van der Waals surface area contributed by atoms with Crippen LogP contribution in [0.5, 0.6) is 0 Å². The summed E-state index contributed by atoms with van der Waals surface area (Å²) in [5.74, 6) is 0. The molecule has 0 heterocycles. The number of benzene rings is 1. The molecule has 0 aliphatic rings. The maximum Gasteiger partial charge on any atom is 0.408 e. The number of amides is 1. The molecule has 0 aliphatic carbocycles. The highest BCUT2D eigenvalue weighted by Gasteiger charge is 2.16. The van der Waals surface area contributed by atoms with E-state index in [0.29, 0.717) is 0 Å². The Morgan fingerprint density at radius 3 is 2.35 bits per heavy atom. The molecule has 1 aromatic rings. The number of ether oxygens (including phenoxy) is 1. The van der Waals surface area contributed by atoms with Gasteiger partial charge in [-0.15, -0.1) is 0 Å². The molecule has 0 saturated heterocycles. The van der Waals surface area contributed by atoms with Crippen LogP contribution < -0.4 is 5.32 Å². The highest BCUT2D eigenvalue weighted by molar-refractivity contribution is 9.10. The van der Waals surface area contributed by atoms with E-state index in [0.717, 1.165) is 15.6 Å². The minimum absolute atomic E-state index is 0.0894. The van der Waals surface area contributed by atoms with Gasteiger partial charge in [0.05, 0.1) is 0 Å². The van der Waals surface area contributed by atoms with Gasteiger partial charge in [-0.2, -0.15) is 0 Å². The molecule has 1 atom stereocenters. The minimum atomic E-state index is -0.478. The van der Waals surface area contributed by atoms with Crippen LogP contribution in [-0.4, -0.2) is 17.7 Å². The monoisotopic (exact) mass is 339 g/mol. The zero-order chi connectivity index (χ0) is 15.3. The largest absolute Gasteiger partial charge is 0.444 e. The third kappa shape index (κ3) is 6.24. The summed E-state index contributed by atoms with van der Waals surface area (Å²) in [5, 5.41) is 2.80. The molecule has 0 spiro atoms. The van der Waals surface area contributed by atoms with Gasteiger partial charge in [0.15, 0.2) is 0 Å². The van der Waals surface area contributed by atoms with Crippen molar-refractivity contribution in [2.45, 2.75) is 46.3 Å². The Labute approximate surface area is 129 Å². The second-order valence-electron chi connectivity index (χ2n) is 5.79. The van der Waals surface area contributed by atoms with Crippen molar-refractivity contribution in [3.63, 3.8) is 0 Å². The molecule has 4 heteroatoms. The van der Waals surface area contributed by atoms with Gasteiger partial charge in [0.2, 0.25) is 0 Å². The topological polar surface area (TPSA) is 38.3 Å². The van der Waals surface area contributed by atoms with Gasteiger partial charge < -0.3 is 10.1 Å². The van der Waals surface area contributed by atoms with E-state index < -0.39 is 11.7 Å². The van der Waals surface area contributed by atoms with E-state index in [1.165, 1.54) is 0 Å². The number of halogens is 1. The third-order valence-corrected chi connectivity index (χ3v) is 3.07. The van der Waals surface area contributed by atoms with Gasteiger partial charge in [-0.05, 0) is 57.9 Å². The quantitative estimate of drug-likeness (QED) is 0.861. The van der Waals surface area contributed by atoms with Crippen LogP contribution in [-0.2, 0) is 4.74 Å². The van der Waals surface area contributed by atoms with Crippen LogP contribution in [0.4, 0.5) is 4.79 Å². The van der Waals surface area contributed by atoms with Gasteiger partial charge >= 0.3 is 6.09 Å². The summed E-state index contributed by atoms with van der Waals surface area (Å²) in [5.41, 5.74) is 1.76. The zero-order valence-corrected chi connectivity index (χ0v) is 14.2. The number of nitrogens with one attached hydrogen (secondary N) is 1. The molecule has 0 unspecified atom stereocenters. The van der Waals surface area contributed by atoms with E-state index in [1.54, 1.807) is 0 Å². The van der Waals surface area contributed by atoms with Gasteiger partial charge in [-0.25, -0.2) is 4.79 Å². The Balaban J connectivity index is 2.64. The smallest absolute Gasteiger partial charge is 0.408 e. The second kappa shape index (κ2) is 6.93. The van der Waals surface area contributed by atoms with Crippen LogP contribution in [0, 0.1) is 0 Å². The number of carbonyl (C=O) groups is 1. The maximum absolute atomic E-state index is 11.7. The summed E-state index contributed by atoms with van der Waals surface area (Å²) in [6, 6.07) is 7.98. The molecule has 0 aliphatic heterocycles. The van der Waals surface area contributed by atoms with E-state index in [9.17, 15) is 4.79 Å². The minimum Gasteiger partial charge on any atom is -0.444 e. The lowest BCUT2D eigenvalue weighted by molar-refractivity contribution is 0.0518. The fraction of sp³-hybridized carbons (Fsp3) is 0.438. The number of alkyl carbamates (subject to hydrolysis) is 1. The number of allylic oxidation sites excluding steroid dienone is 1. The Morgan fingerprint density at radius 1 is 1.30 bits per heavy atom. The second-order valence-corrected chi connectivity index (χ2v) is 6.71. The first-order valence-electron chi connectivity index (χ1n) is 6.61. The number of rotatable bonds is 3. The highest BCUT2D eigenvalue weighted by Crippen LogP contribution is 2.18. The average Bonchev–Trinajstić information content (AvgIpc) is 2.26. The van der Waals surface area contributed by atoms with E-state index in [4.69, 9.17) is 4.74 Å². The third-order valence-electron chi connectivity index (χ3n) is 2.54. The van der Waals surface area contributed by atoms with Crippen molar-refractivity contribution in [1.82, 2.24) is 5.32 Å². The molecule has 3 nitrogen and oxygen atoms in total. The molecule has 0 saturated carbocycles. The summed E-state index contributed by atoms with van der Waals surface area (Å²) in [6.45, 7) is 9.49. The first kappa shape index (κ1) is 16.8. The lowest BCUT2D eigenvalue weighted by Gasteiger charge is -2.21. The van der Waals surface area contributed by atoms with E-state index in [1.807, 2.05) is 65.0 Å². The Kier molecular flexibility index (Phi) is 5.81. The Hall–Kier alpha value is -1.29. The number of hydrogen-bond donors (Lipinski definition) is 1. The molecule has 110 valence electrons. The molecule has 20 heavy (non-hydrogen) atoms. The molecule has 0 bridgehead atoms. The summed E-state index contributed by atoms with van der Waals surface area (Å²) in [6.07, 6.45) is 1.61. The van der Waals surface area contributed by atoms with Gasteiger partial charge in [0, 0.05) is 10.5 Å². The molecular formula is C16H22BrNO2. The molecule has 0 fully saturated rings. The standard InChI is InChI=1S/C16H22BrNO2/c1-11(13-6-8-14(17)9-7-13)10-12(2)18-15(19)20-16(3,4)5/h6-10,12H,1-5H3,(H,18,19)/b11-10+/t12-/m0/s1. The van der Waals surface area contributed by atoms with Gasteiger partial charge in [-0.1, -0.05) is 34.1 Å². The molecule has 1 rings (SSSR count). The normalized spacial score (nSPS) is 13.8. The summed E-state index contributed by atoms with van der Waals surface area (Å²) in [7, 11) is 0. The van der Waals surface area contributed by atoms with Crippen molar-refractivity contribution in [1.29, 1.82) is 0 Å². The van der Waals surface area contributed by atoms with Crippen LogP contribution >= 0.6 is 15.9 Å². The molecule has 0 aromatic heterocycles. The van der Waals surface area contributed by atoms with Crippen molar-refractivity contribution in [2.24, 2.45) is 0 Å². The van der Waals surface area contributed by atoms with Crippen molar-refractivity contribution in [3.05, 3.63) is 40.4 Å². The molecule has 0 radical (unpaired) electrons. The highest BCUT2D eigenvalue weighted by atomic mass is 79.9. The van der Waals surface area contributed by atoms with Crippen molar-refractivity contribution in [2.75, 3.05) is 0 Å². The van der Waals surface area contributed by atoms with E-state index in [-0.39, 0.29) is 6.04 Å². The van der Waals surface area contributed by atoms with Crippen molar-refractivity contribution in [3.8, 4) is 0 Å². The van der Waals surface area contributed by atoms with Gasteiger partial charge in [0.1, 0.15) is 5.60 Å². The zero-order valence-electron chi connectivity index (χ0n) is 12.7. The van der Waals surface area contributed by atoms with E-state index in [2.05, 4.69) is 21.2 Å². The Bertz CT molecular complexity index is 486. The van der Waals surface area contributed by atoms with Gasteiger partial charge in [0.25, 0.3) is 0 Å². The van der Waals surface area contributed by atoms with Gasteiger partial charge in [-0.3, -0.25) is 0 Å². The van der Waals surface area contributed by atoms with Crippen LogP contribution in [0.2, 0.25) is 0 Å². The predicted molar refractivity (Wildman–Crippen MR) is 86.6 cm³/mol. The Morgan fingerprint density at radius 2 is 1.85 bits per heavy atom. The van der Waals surface area contributed by atoms with Crippen LogP contribution in [0.3, 0.4) is 0 Å². The van der Waals surface area contributed by atoms with Crippen molar-refractivity contribution < 1.29 is 9.53 Å². The summed E-state index contributed by atoms with van der Waals surface area (Å²) >= 11 is 3.41. The van der Waals surface area contributed by atoms with E-state index >= 15 is 0 Å². The first-order valence-corrected chi connectivity index (χ1v) is 7.40. The maximum atomic E-state index is 11.7. The fourth-order valence-corrected chi connectivity index (χ4v) is 1.98. The first-order chi connectivity index (χ1) is 9.17. The van der Waals surface area contributed by atoms with Crippen molar-refractivity contribution >= 4 is 27.6 Å².